The van der Waals surface area contributed by atoms with Crippen molar-refractivity contribution in [1.82, 2.24) is 10.2 Å². The van der Waals surface area contributed by atoms with Crippen molar-refractivity contribution in [2.75, 3.05) is 44.2 Å². The fraction of sp³-hybridized carbons (Fsp3) is 0.417. The summed E-state index contributed by atoms with van der Waals surface area (Å²) < 4.78 is 17.0. The molecule has 0 saturated carbocycles. The fourth-order valence-corrected chi connectivity index (χ4v) is 4.05. The average molecular weight is 471 g/mol. The molecule has 10 heteroatoms. The number of ether oxygens (including phenoxy) is 3. The second-order valence-corrected chi connectivity index (χ2v) is 8.51. The van der Waals surface area contributed by atoms with Crippen molar-refractivity contribution >= 4 is 23.3 Å². The van der Waals surface area contributed by atoms with Crippen molar-refractivity contribution in [1.29, 1.82) is 0 Å². The quantitative estimate of drug-likeness (QED) is 0.512. The van der Waals surface area contributed by atoms with Crippen LogP contribution in [0.1, 0.15) is 24.2 Å². The van der Waals surface area contributed by atoms with E-state index in [1.807, 2.05) is 14.0 Å². The molecule has 0 unspecified atom stereocenters. The number of amides is 3. The number of aliphatic hydroxyl groups is 1. The third kappa shape index (κ3) is 4.87. The lowest BCUT2D eigenvalue weighted by Crippen LogP contribution is -2.49. The molecule has 2 aliphatic rings. The number of aliphatic hydroxyl groups excluding tert-OH is 1. The topological polar surface area (TPSA) is 121 Å². The van der Waals surface area contributed by atoms with Gasteiger partial charge in [0.15, 0.2) is 17.2 Å². The highest BCUT2D eigenvalue weighted by molar-refractivity contribution is 6.04. The molecule has 34 heavy (non-hydrogen) atoms. The van der Waals surface area contributed by atoms with Crippen molar-refractivity contribution < 1.29 is 28.9 Å². The first kappa shape index (κ1) is 23.7. The lowest BCUT2D eigenvalue weighted by atomic mass is 9.99. The minimum atomic E-state index is -0.496. The Morgan fingerprint density at radius 2 is 2.00 bits per heavy atom. The Hall–Kier alpha value is -3.50. The van der Waals surface area contributed by atoms with Crippen LogP contribution in [-0.4, -0.2) is 67.6 Å². The van der Waals surface area contributed by atoms with Gasteiger partial charge in [-0.1, -0.05) is 13.0 Å². The molecular weight excluding hydrogens is 440 g/mol. The van der Waals surface area contributed by atoms with Gasteiger partial charge < -0.3 is 40.2 Å². The summed E-state index contributed by atoms with van der Waals surface area (Å²) in [6.45, 7) is 4.79. The second kappa shape index (κ2) is 10.2. The summed E-state index contributed by atoms with van der Waals surface area (Å²) in [7, 11) is 1.83. The monoisotopic (exact) mass is 470 g/mol. The third-order valence-electron chi connectivity index (χ3n) is 5.98. The summed E-state index contributed by atoms with van der Waals surface area (Å²) in [6.07, 6.45) is -0.259. The van der Waals surface area contributed by atoms with Gasteiger partial charge in [-0.25, -0.2) is 4.79 Å². The number of benzene rings is 2. The van der Waals surface area contributed by atoms with E-state index in [-0.39, 0.29) is 37.4 Å². The van der Waals surface area contributed by atoms with Crippen molar-refractivity contribution in [3.8, 4) is 17.2 Å². The smallest absolute Gasteiger partial charge is 0.323 e. The van der Waals surface area contributed by atoms with Crippen LogP contribution in [0.5, 0.6) is 17.2 Å². The third-order valence-corrected chi connectivity index (χ3v) is 5.98. The van der Waals surface area contributed by atoms with Gasteiger partial charge in [-0.05, 0) is 38.2 Å². The molecule has 0 aromatic heterocycles. The zero-order valence-electron chi connectivity index (χ0n) is 19.5. The van der Waals surface area contributed by atoms with Crippen LogP contribution in [0, 0.1) is 5.92 Å². The van der Waals surface area contributed by atoms with E-state index in [0.717, 1.165) is 0 Å². The van der Waals surface area contributed by atoms with Gasteiger partial charge in [0.25, 0.3) is 5.91 Å². The van der Waals surface area contributed by atoms with E-state index in [0.29, 0.717) is 47.3 Å². The zero-order valence-corrected chi connectivity index (χ0v) is 19.5. The maximum absolute atomic E-state index is 13.4. The number of carbonyl (C=O) groups is 2. The van der Waals surface area contributed by atoms with Crippen LogP contribution in [0.4, 0.5) is 16.2 Å². The van der Waals surface area contributed by atoms with Gasteiger partial charge in [-0.2, -0.15) is 0 Å². The molecule has 2 aliphatic heterocycles. The summed E-state index contributed by atoms with van der Waals surface area (Å²) in [4.78, 5) is 27.9. The van der Waals surface area contributed by atoms with Gasteiger partial charge in [-0.15, -0.1) is 0 Å². The number of fused-ring (bicyclic) bond motifs is 2. The van der Waals surface area contributed by atoms with Crippen LogP contribution in [0.2, 0.25) is 0 Å². The molecule has 182 valence electrons. The normalized spacial score (nSPS) is 20.0. The highest BCUT2D eigenvalue weighted by atomic mass is 16.7. The average Bonchev–Trinajstić information content (AvgIpc) is 3.29. The summed E-state index contributed by atoms with van der Waals surface area (Å²) in [5, 5.41) is 18.4. The molecule has 2 aromatic rings. The molecule has 0 saturated heterocycles. The van der Waals surface area contributed by atoms with Crippen LogP contribution >= 0.6 is 0 Å². The Kier molecular flexibility index (Phi) is 7.09. The molecule has 0 fully saturated rings. The predicted molar refractivity (Wildman–Crippen MR) is 127 cm³/mol. The van der Waals surface area contributed by atoms with Crippen molar-refractivity contribution in [3.05, 3.63) is 42.0 Å². The summed E-state index contributed by atoms with van der Waals surface area (Å²) in [5.41, 5.74) is 1.23. The first-order chi connectivity index (χ1) is 16.4. The van der Waals surface area contributed by atoms with Crippen LogP contribution in [-0.2, 0) is 0 Å². The van der Waals surface area contributed by atoms with Crippen LogP contribution in [0.3, 0.4) is 0 Å². The highest BCUT2D eigenvalue weighted by Gasteiger charge is 2.33. The minimum absolute atomic E-state index is 0.0194. The molecule has 0 aliphatic carbocycles. The predicted octanol–water partition coefficient (Wildman–Crippen LogP) is 2.50. The zero-order chi connectivity index (χ0) is 24.2. The van der Waals surface area contributed by atoms with E-state index in [1.54, 1.807) is 48.2 Å². The lowest BCUT2D eigenvalue weighted by molar-refractivity contribution is 0.0417. The van der Waals surface area contributed by atoms with E-state index in [2.05, 4.69) is 16.0 Å². The molecular formula is C24H30N4O6. The SMILES string of the molecule is CNC[C@H]1Oc2c(NC(=O)Nc3ccc4c(c3)OCO4)cccc2C(=O)N([C@@H](C)CO)C[C@H]1C. The van der Waals surface area contributed by atoms with Gasteiger partial charge >= 0.3 is 6.03 Å². The van der Waals surface area contributed by atoms with Gasteiger partial charge in [0.1, 0.15) is 6.10 Å². The Morgan fingerprint density at radius 1 is 1.21 bits per heavy atom. The Balaban J connectivity index is 1.62. The lowest BCUT2D eigenvalue weighted by Gasteiger charge is -2.37. The first-order valence-corrected chi connectivity index (χ1v) is 11.2. The molecule has 2 aromatic carbocycles. The molecule has 0 bridgehead atoms. The standard InChI is InChI=1S/C24H30N4O6/c1-14-11-28(15(2)12-29)23(30)17-5-4-6-18(22(17)34-21(14)10-25-3)27-24(31)26-16-7-8-19-20(9-16)33-13-32-19/h4-9,14-15,21,25,29H,10-13H2,1-3H3,(H2,26,27,31)/t14-,15+,21-/m1/s1. The van der Waals surface area contributed by atoms with Crippen molar-refractivity contribution in [2.45, 2.75) is 26.0 Å². The number of rotatable bonds is 6. The number of carbonyl (C=O) groups excluding carboxylic acids is 2. The summed E-state index contributed by atoms with van der Waals surface area (Å²) >= 11 is 0. The molecule has 0 radical (unpaired) electrons. The molecule has 4 rings (SSSR count). The number of hydrogen-bond acceptors (Lipinski definition) is 7. The van der Waals surface area contributed by atoms with E-state index < -0.39 is 6.03 Å². The number of nitrogens with zero attached hydrogens (tertiary/aromatic N) is 1. The Morgan fingerprint density at radius 3 is 2.76 bits per heavy atom. The number of urea groups is 1. The first-order valence-electron chi connectivity index (χ1n) is 11.2. The number of hydrogen-bond donors (Lipinski definition) is 4. The van der Waals surface area contributed by atoms with Gasteiger partial charge in [0, 0.05) is 30.8 Å². The molecule has 3 atom stereocenters. The molecule has 4 N–H and O–H groups in total. The van der Waals surface area contributed by atoms with E-state index in [4.69, 9.17) is 14.2 Å². The maximum Gasteiger partial charge on any atom is 0.323 e. The Labute approximate surface area is 198 Å². The maximum atomic E-state index is 13.4. The number of nitrogens with one attached hydrogen (secondary N) is 3. The van der Waals surface area contributed by atoms with Crippen LogP contribution < -0.4 is 30.2 Å². The van der Waals surface area contributed by atoms with Gasteiger partial charge in [0.2, 0.25) is 6.79 Å². The van der Waals surface area contributed by atoms with Crippen molar-refractivity contribution in [3.63, 3.8) is 0 Å². The number of likely N-dealkylation sites (N-methyl/N-ethyl adjacent to an activating group) is 1. The molecule has 2 heterocycles. The Bertz CT molecular complexity index is 1060. The fourth-order valence-electron chi connectivity index (χ4n) is 4.05. The van der Waals surface area contributed by atoms with Crippen LogP contribution in [0.25, 0.3) is 0 Å². The summed E-state index contributed by atoms with van der Waals surface area (Å²) in [5.74, 6) is 1.20. The largest absolute Gasteiger partial charge is 0.486 e. The molecule has 3 amide bonds. The van der Waals surface area contributed by atoms with Crippen molar-refractivity contribution in [2.24, 2.45) is 5.92 Å². The summed E-state index contributed by atoms with van der Waals surface area (Å²) in [6, 6.07) is 9.30. The van der Waals surface area contributed by atoms with E-state index in [9.17, 15) is 14.7 Å². The van der Waals surface area contributed by atoms with E-state index >= 15 is 0 Å². The minimum Gasteiger partial charge on any atom is -0.486 e. The second-order valence-electron chi connectivity index (χ2n) is 8.51. The number of para-hydroxylation sites is 1. The number of anilines is 2. The molecule has 0 spiro atoms. The van der Waals surface area contributed by atoms with Gasteiger partial charge in [0.05, 0.1) is 23.9 Å². The van der Waals surface area contributed by atoms with Crippen LogP contribution in [0.15, 0.2) is 36.4 Å². The van der Waals surface area contributed by atoms with Gasteiger partial charge in [-0.3, -0.25) is 4.79 Å². The highest BCUT2D eigenvalue weighted by Crippen LogP contribution is 2.36. The van der Waals surface area contributed by atoms with E-state index in [1.165, 1.54) is 0 Å². The molecule has 10 nitrogen and oxygen atoms in total.